The van der Waals surface area contributed by atoms with Gasteiger partial charge >= 0.3 is 6.36 Å². The number of nitrogens with one attached hydrogen (secondary N) is 2. The van der Waals surface area contributed by atoms with Crippen molar-refractivity contribution in [1.29, 1.82) is 0 Å². The van der Waals surface area contributed by atoms with Gasteiger partial charge in [-0.15, -0.1) is 13.2 Å². The Morgan fingerprint density at radius 3 is 2.39 bits per heavy atom. The highest BCUT2D eigenvalue weighted by Gasteiger charge is 2.35. The lowest BCUT2D eigenvalue weighted by Crippen LogP contribution is -2.40. The lowest BCUT2D eigenvalue weighted by molar-refractivity contribution is -0.274. The summed E-state index contributed by atoms with van der Waals surface area (Å²) < 4.78 is 67.4. The van der Waals surface area contributed by atoms with Crippen molar-refractivity contribution in [2.75, 3.05) is 16.8 Å². The van der Waals surface area contributed by atoms with Crippen LogP contribution in [0.5, 0.6) is 5.75 Å². The number of anilines is 2. The van der Waals surface area contributed by atoms with E-state index in [9.17, 15) is 26.4 Å². The van der Waals surface area contributed by atoms with E-state index in [1.807, 2.05) is 6.07 Å². The maximum Gasteiger partial charge on any atom is 0.573 e. The van der Waals surface area contributed by atoms with Gasteiger partial charge in [0.25, 0.3) is 5.91 Å². The molecule has 1 saturated carbocycles. The predicted molar refractivity (Wildman–Crippen MR) is 151 cm³/mol. The fourth-order valence-corrected chi connectivity index (χ4v) is 7.85. The lowest BCUT2D eigenvalue weighted by atomic mass is 9.70. The molecule has 0 spiro atoms. The molecule has 5 rings (SSSR count). The number of benzene rings is 2. The second kappa shape index (κ2) is 10.8. The molecular weight excluding hydrogens is 557 g/mol. The van der Waals surface area contributed by atoms with Gasteiger partial charge in [0.2, 0.25) is 5.95 Å². The van der Waals surface area contributed by atoms with E-state index in [1.54, 1.807) is 12.1 Å². The highest BCUT2D eigenvalue weighted by molar-refractivity contribution is 7.91. The smallest absolute Gasteiger partial charge is 0.406 e. The number of hydrogen-bond acceptors (Lipinski definition) is 6. The molecule has 1 amide bonds. The Morgan fingerprint density at radius 1 is 1.07 bits per heavy atom. The van der Waals surface area contributed by atoms with Gasteiger partial charge in [-0.1, -0.05) is 20.8 Å². The molecule has 2 fully saturated rings. The molecule has 0 unspecified atom stereocenters. The second-order valence-corrected chi connectivity index (χ2v) is 14.5. The Kier molecular flexibility index (Phi) is 7.73. The molecule has 1 aliphatic carbocycles. The summed E-state index contributed by atoms with van der Waals surface area (Å²) in [6.45, 7) is 6.73. The highest BCUT2D eigenvalue weighted by Crippen LogP contribution is 2.46. The summed E-state index contributed by atoms with van der Waals surface area (Å²) in [5.41, 5.74) is 2.54. The number of imidazole rings is 1. The maximum atomic E-state index is 13.1. The van der Waals surface area contributed by atoms with Crippen LogP contribution in [0.25, 0.3) is 11.0 Å². The second-order valence-electron chi connectivity index (χ2n) is 12.2. The standard InChI is InChI=1S/C29H35F3N4O4S/c1-18-14-22(17-28(2,3)16-18)36-25-9-4-19(26(37)33-21-10-12-41(38,39)13-11-21)15-24(25)35-27(36)34-20-5-7-23(8-6-20)40-29(30,31)32/h4-9,15,18,21-22H,10-14,16-17H2,1-3H3,(H,33,37)(H,34,35)/t18-,22+/m0/s1. The minimum Gasteiger partial charge on any atom is -0.406 e. The zero-order chi connectivity index (χ0) is 29.6. The SMILES string of the molecule is C[C@H]1C[C@@H](n2c(Nc3ccc(OC(F)(F)F)cc3)nc3cc(C(=O)NC4CCS(=O)(=O)CC4)ccc32)CC(C)(C)C1. The minimum atomic E-state index is -4.77. The zero-order valence-corrected chi connectivity index (χ0v) is 24.1. The lowest BCUT2D eigenvalue weighted by Gasteiger charge is -2.40. The largest absolute Gasteiger partial charge is 0.573 e. The molecule has 2 atom stereocenters. The third kappa shape index (κ3) is 7.14. The summed E-state index contributed by atoms with van der Waals surface area (Å²) in [4.78, 5) is 17.9. The van der Waals surface area contributed by atoms with E-state index >= 15 is 0 Å². The Balaban J connectivity index is 1.45. The van der Waals surface area contributed by atoms with Crippen molar-refractivity contribution in [2.45, 2.75) is 71.3 Å². The Morgan fingerprint density at radius 2 is 1.76 bits per heavy atom. The first-order valence-corrected chi connectivity index (χ1v) is 15.6. The Hall–Kier alpha value is -3.28. The van der Waals surface area contributed by atoms with Gasteiger partial charge in [-0.25, -0.2) is 13.4 Å². The summed E-state index contributed by atoms with van der Waals surface area (Å²) in [6.07, 6.45) is -1.03. The average Bonchev–Trinajstić information content (AvgIpc) is 3.21. The van der Waals surface area contributed by atoms with Crippen molar-refractivity contribution in [2.24, 2.45) is 11.3 Å². The molecule has 0 radical (unpaired) electrons. The summed E-state index contributed by atoms with van der Waals surface area (Å²) in [6, 6.07) is 10.8. The van der Waals surface area contributed by atoms with Crippen molar-refractivity contribution in [3.05, 3.63) is 48.0 Å². The molecule has 1 saturated heterocycles. The quantitative estimate of drug-likeness (QED) is 0.345. The molecule has 0 bridgehead atoms. The third-order valence-corrected chi connectivity index (χ3v) is 9.63. The van der Waals surface area contributed by atoms with Gasteiger partial charge in [0.05, 0.1) is 22.5 Å². The van der Waals surface area contributed by atoms with Crippen molar-refractivity contribution < 1.29 is 31.1 Å². The molecular formula is C29H35F3N4O4S. The van der Waals surface area contributed by atoms with E-state index in [2.05, 4.69) is 40.7 Å². The predicted octanol–water partition coefficient (Wildman–Crippen LogP) is 6.37. The molecule has 8 nitrogen and oxygen atoms in total. The first-order valence-electron chi connectivity index (χ1n) is 13.8. The number of aromatic nitrogens is 2. The van der Waals surface area contributed by atoms with Crippen molar-refractivity contribution in [3.63, 3.8) is 0 Å². The molecule has 2 aromatic carbocycles. The molecule has 3 aromatic rings. The molecule has 41 heavy (non-hydrogen) atoms. The molecule has 2 heterocycles. The Bertz CT molecular complexity index is 1520. The van der Waals surface area contributed by atoms with Crippen LogP contribution < -0.4 is 15.4 Å². The van der Waals surface area contributed by atoms with Gasteiger partial charge in [0, 0.05) is 23.3 Å². The first-order chi connectivity index (χ1) is 19.2. The van der Waals surface area contributed by atoms with E-state index in [4.69, 9.17) is 4.98 Å². The normalized spacial score (nSPS) is 22.8. The topological polar surface area (TPSA) is 102 Å². The van der Waals surface area contributed by atoms with Crippen LogP contribution in [0, 0.1) is 11.3 Å². The average molecular weight is 593 g/mol. The number of amides is 1. The van der Waals surface area contributed by atoms with Crippen LogP contribution in [-0.2, 0) is 9.84 Å². The fraction of sp³-hybridized carbons (Fsp3) is 0.517. The van der Waals surface area contributed by atoms with Gasteiger partial charge in [-0.3, -0.25) is 4.79 Å². The molecule has 2 N–H and O–H groups in total. The van der Waals surface area contributed by atoms with E-state index in [0.29, 0.717) is 41.5 Å². The number of hydrogen-bond donors (Lipinski definition) is 2. The van der Waals surface area contributed by atoms with Crippen molar-refractivity contribution in [1.82, 2.24) is 14.9 Å². The molecule has 1 aliphatic heterocycles. The number of fused-ring (bicyclic) bond motifs is 1. The van der Waals surface area contributed by atoms with Gasteiger partial charge < -0.3 is 19.9 Å². The molecule has 222 valence electrons. The van der Waals surface area contributed by atoms with Crippen LogP contribution in [0.15, 0.2) is 42.5 Å². The van der Waals surface area contributed by atoms with Gasteiger partial charge in [0.1, 0.15) is 15.6 Å². The van der Waals surface area contributed by atoms with E-state index in [-0.39, 0.29) is 40.7 Å². The van der Waals surface area contributed by atoms with Crippen molar-refractivity contribution >= 4 is 38.4 Å². The number of ether oxygens (including phenoxy) is 1. The molecule has 12 heteroatoms. The van der Waals surface area contributed by atoms with E-state index in [1.165, 1.54) is 24.3 Å². The highest BCUT2D eigenvalue weighted by atomic mass is 32.2. The number of carbonyl (C=O) groups excluding carboxylic acids is 1. The summed E-state index contributed by atoms with van der Waals surface area (Å²) >= 11 is 0. The van der Waals surface area contributed by atoms with Crippen LogP contribution in [0.4, 0.5) is 24.8 Å². The number of carbonyl (C=O) groups is 1. The Labute approximate surface area is 237 Å². The van der Waals surface area contributed by atoms with Crippen LogP contribution >= 0.6 is 0 Å². The third-order valence-electron chi connectivity index (χ3n) is 7.91. The number of rotatable bonds is 6. The molecule has 1 aromatic heterocycles. The van der Waals surface area contributed by atoms with E-state index in [0.717, 1.165) is 24.8 Å². The number of alkyl halides is 3. The van der Waals surface area contributed by atoms with Crippen LogP contribution in [0.2, 0.25) is 0 Å². The van der Waals surface area contributed by atoms with Crippen LogP contribution in [-0.4, -0.2) is 47.8 Å². The van der Waals surface area contributed by atoms with Gasteiger partial charge in [0.15, 0.2) is 0 Å². The first kappa shape index (κ1) is 29.2. The van der Waals surface area contributed by atoms with Gasteiger partial charge in [-0.2, -0.15) is 0 Å². The summed E-state index contributed by atoms with van der Waals surface area (Å²) in [5, 5.41) is 6.23. The molecule has 2 aliphatic rings. The summed E-state index contributed by atoms with van der Waals surface area (Å²) in [5.74, 6) is 0.552. The fourth-order valence-electron chi connectivity index (χ4n) is 6.36. The maximum absolute atomic E-state index is 13.1. The van der Waals surface area contributed by atoms with Crippen LogP contribution in [0.3, 0.4) is 0 Å². The van der Waals surface area contributed by atoms with Crippen LogP contribution in [0.1, 0.15) is 69.3 Å². The number of nitrogens with zero attached hydrogens (tertiary/aromatic N) is 2. The van der Waals surface area contributed by atoms with Crippen molar-refractivity contribution in [3.8, 4) is 5.75 Å². The number of sulfone groups is 1. The van der Waals surface area contributed by atoms with E-state index < -0.39 is 16.2 Å². The number of halogens is 3. The minimum absolute atomic E-state index is 0.0654. The van der Waals surface area contributed by atoms with Gasteiger partial charge in [-0.05, 0) is 85.9 Å². The summed E-state index contributed by atoms with van der Waals surface area (Å²) in [7, 11) is -3.03. The zero-order valence-electron chi connectivity index (χ0n) is 23.3. The monoisotopic (exact) mass is 592 g/mol.